The number of aromatic hydroxyl groups is 1. The van der Waals surface area contributed by atoms with E-state index in [2.05, 4.69) is 4.98 Å². The number of likely N-dealkylation sites (N-methyl/N-ethyl adjacent to an activating group) is 1. The lowest BCUT2D eigenvalue weighted by Gasteiger charge is -2.52. The molecule has 2 saturated carbocycles. The molecule has 2 aromatic rings. The molecule has 0 spiro atoms. The number of ketones is 4. The number of Topliss-reactive ketones (excluding diaryl/α,β-unsaturated/α-hetero) is 4. The van der Waals surface area contributed by atoms with Crippen molar-refractivity contribution in [3.8, 4) is 16.9 Å². The van der Waals surface area contributed by atoms with Crippen molar-refractivity contribution in [2.24, 2.45) is 29.4 Å². The van der Waals surface area contributed by atoms with E-state index in [9.17, 15) is 34.2 Å². The van der Waals surface area contributed by atoms with Gasteiger partial charge >= 0.3 is 0 Å². The average molecular weight is 550 g/mol. The Morgan fingerprint density at radius 1 is 1.10 bits per heavy atom. The van der Waals surface area contributed by atoms with Crippen LogP contribution in [-0.4, -0.2) is 89.0 Å². The number of carbonyl (C=O) groups excluding carboxylic acids is 5. The van der Waals surface area contributed by atoms with Crippen molar-refractivity contribution >= 4 is 40.5 Å². The summed E-state index contributed by atoms with van der Waals surface area (Å²) >= 11 is 0. The molecule has 12 heteroatoms. The van der Waals surface area contributed by atoms with E-state index in [0.717, 1.165) is 0 Å². The Labute approximate surface area is 229 Å². The van der Waals surface area contributed by atoms with Gasteiger partial charge in [-0.25, -0.2) is 4.98 Å². The predicted octanol–water partition coefficient (Wildman–Crippen LogP) is -0.423. The number of aliphatic hydroxyl groups is 1. The zero-order chi connectivity index (χ0) is 29.4. The molecule has 3 aliphatic carbocycles. The second-order valence-corrected chi connectivity index (χ2v) is 11.3. The summed E-state index contributed by atoms with van der Waals surface area (Å²) in [6.07, 6.45) is 1.61. The van der Waals surface area contributed by atoms with Crippen molar-refractivity contribution in [3.05, 3.63) is 35.5 Å². The Morgan fingerprint density at radius 3 is 2.33 bits per heavy atom. The molecule has 0 radical (unpaired) electrons. The number of phenols is 1. The van der Waals surface area contributed by atoms with Crippen LogP contribution in [0.15, 0.2) is 24.4 Å². The van der Waals surface area contributed by atoms with Crippen LogP contribution in [0, 0.1) is 23.7 Å². The molecule has 1 amide bonds. The van der Waals surface area contributed by atoms with Gasteiger partial charge in [-0.3, -0.25) is 28.9 Å². The van der Waals surface area contributed by atoms with E-state index >= 15 is 0 Å². The number of primary amides is 1. The first-order chi connectivity index (χ1) is 18.7. The van der Waals surface area contributed by atoms with E-state index in [1.165, 1.54) is 11.1 Å². The van der Waals surface area contributed by atoms with Crippen molar-refractivity contribution in [2.45, 2.75) is 24.5 Å². The van der Waals surface area contributed by atoms with Crippen LogP contribution in [0.3, 0.4) is 0 Å². The zero-order valence-corrected chi connectivity index (χ0v) is 22.5. The summed E-state index contributed by atoms with van der Waals surface area (Å²) in [5.41, 5.74) is 10.2. The van der Waals surface area contributed by atoms with Gasteiger partial charge in [0.1, 0.15) is 11.6 Å². The van der Waals surface area contributed by atoms with Gasteiger partial charge in [0.2, 0.25) is 5.91 Å². The third kappa shape index (κ3) is 3.66. The van der Waals surface area contributed by atoms with Crippen LogP contribution < -0.4 is 16.4 Å². The van der Waals surface area contributed by atoms with Crippen LogP contribution >= 0.6 is 0 Å². The monoisotopic (exact) mass is 549 g/mol. The second-order valence-electron chi connectivity index (χ2n) is 11.3. The maximum Gasteiger partial charge on any atom is 0.235 e. The molecule has 0 saturated heterocycles. The summed E-state index contributed by atoms with van der Waals surface area (Å²) in [4.78, 5) is 74.2. The minimum atomic E-state index is -2.77. The fourth-order valence-electron chi connectivity index (χ4n) is 6.84. The summed E-state index contributed by atoms with van der Waals surface area (Å²) in [5.74, 6) is -10.6. The van der Waals surface area contributed by atoms with Gasteiger partial charge in [0.05, 0.1) is 17.5 Å². The molecule has 40 heavy (non-hydrogen) atoms. The lowest BCUT2D eigenvalue weighted by atomic mass is 9.52. The third-order valence-electron chi connectivity index (χ3n) is 8.62. The Morgan fingerprint density at radius 2 is 1.77 bits per heavy atom. The fourth-order valence-corrected chi connectivity index (χ4v) is 6.84. The Bertz CT molecular complexity index is 1480. The molecule has 1 heterocycles. The molecule has 2 unspecified atom stereocenters. The number of fused-ring (bicyclic) bond motifs is 3. The topological polar surface area (TPSA) is 197 Å². The molecule has 6 N–H and O–H groups in total. The number of phenolic OH excluding ortho intramolecular Hbond substituents is 1. The van der Waals surface area contributed by atoms with Crippen molar-refractivity contribution in [2.75, 3.05) is 38.8 Å². The number of hydrogen-bond acceptors (Lipinski definition) is 11. The predicted molar refractivity (Wildman–Crippen MR) is 143 cm³/mol. The van der Waals surface area contributed by atoms with Gasteiger partial charge < -0.3 is 26.6 Å². The molecule has 12 nitrogen and oxygen atoms in total. The Hall–Kier alpha value is -4.16. The van der Waals surface area contributed by atoms with E-state index in [0.29, 0.717) is 22.4 Å². The van der Waals surface area contributed by atoms with Gasteiger partial charge in [-0.1, -0.05) is 0 Å². The number of pyridine rings is 1. The lowest BCUT2D eigenvalue weighted by Crippen LogP contribution is -2.74. The number of nitrogens with two attached hydrogens (primary N) is 2. The molecule has 5 rings (SSSR count). The lowest BCUT2D eigenvalue weighted by molar-refractivity contribution is -0.181. The summed E-state index contributed by atoms with van der Waals surface area (Å²) < 4.78 is 0. The summed E-state index contributed by atoms with van der Waals surface area (Å²) in [6, 6.07) is 3.77. The highest BCUT2D eigenvalue weighted by Gasteiger charge is 2.69. The fraction of sp³-hybridized carbons (Fsp3) is 0.429. The average Bonchev–Trinajstić information content (AvgIpc) is 2.86. The quantitative estimate of drug-likeness (QED) is 0.361. The number of rotatable bonds is 4. The zero-order valence-electron chi connectivity index (χ0n) is 22.5. The number of aromatic nitrogens is 1. The van der Waals surface area contributed by atoms with Crippen LogP contribution in [0.4, 0.5) is 11.5 Å². The maximum atomic E-state index is 14.1. The molecule has 210 valence electrons. The SMILES string of the molecule is CN(C)c1cc(-c2ccc(N)nc2)c(O)c2c1C[C@H]1C[C@H]3[C@H](N(C)C)C(=O)C(C(N)=O)C(=O)[C@@]3(O)C(=O)C1C2=O. The second kappa shape index (κ2) is 9.20. The maximum absolute atomic E-state index is 14.1. The number of benzene rings is 1. The summed E-state index contributed by atoms with van der Waals surface area (Å²) in [6.45, 7) is 0. The van der Waals surface area contributed by atoms with Gasteiger partial charge in [0.15, 0.2) is 34.7 Å². The Kier molecular flexibility index (Phi) is 6.31. The van der Waals surface area contributed by atoms with Crippen LogP contribution in [0.2, 0.25) is 0 Å². The van der Waals surface area contributed by atoms with E-state index in [4.69, 9.17) is 11.5 Å². The van der Waals surface area contributed by atoms with Crippen molar-refractivity contribution in [1.29, 1.82) is 0 Å². The standard InChI is InChI=1S/C28H31N5O7/c1-32(2)16-9-13(11-5-6-17(29)31-10-11)22(34)19-14(16)7-12-8-15-21(33(3)4)24(36)20(27(30)39)26(38)28(15,40)25(37)18(12)23(19)35/h5-6,9-10,12,15,18,20-21,34,40H,7-8H2,1-4H3,(H2,29,31)(H2,30,39)/t12-,15-,18?,20?,21-,28-/m0/s1. The normalized spacial score (nSPS) is 29.6. The number of anilines is 2. The van der Waals surface area contributed by atoms with Gasteiger partial charge in [0, 0.05) is 43.0 Å². The van der Waals surface area contributed by atoms with E-state index in [1.807, 2.05) is 0 Å². The summed E-state index contributed by atoms with van der Waals surface area (Å²) in [7, 11) is 6.65. The highest BCUT2D eigenvalue weighted by Crippen LogP contribution is 2.53. The van der Waals surface area contributed by atoms with Gasteiger partial charge in [-0.05, 0) is 56.6 Å². The van der Waals surface area contributed by atoms with Gasteiger partial charge in [-0.2, -0.15) is 0 Å². The Balaban J connectivity index is 1.69. The first-order valence-corrected chi connectivity index (χ1v) is 12.8. The molecular weight excluding hydrogens is 518 g/mol. The minimum absolute atomic E-state index is 0.0127. The highest BCUT2D eigenvalue weighted by atomic mass is 16.3. The number of nitrogen functional groups attached to an aromatic ring is 1. The molecule has 2 fully saturated rings. The van der Waals surface area contributed by atoms with Gasteiger partial charge in [-0.15, -0.1) is 0 Å². The van der Waals surface area contributed by atoms with E-state index < -0.39 is 64.4 Å². The van der Waals surface area contributed by atoms with Crippen LogP contribution in [-0.2, 0) is 25.6 Å². The summed E-state index contributed by atoms with van der Waals surface area (Å²) in [5, 5.41) is 23.1. The van der Waals surface area contributed by atoms with Gasteiger partial charge in [0.25, 0.3) is 0 Å². The van der Waals surface area contributed by atoms with Crippen molar-refractivity contribution in [1.82, 2.24) is 9.88 Å². The number of nitrogens with zero attached hydrogens (tertiary/aromatic N) is 3. The van der Waals surface area contributed by atoms with E-state index in [1.54, 1.807) is 51.3 Å². The van der Waals surface area contributed by atoms with E-state index in [-0.39, 0.29) is 30.0 Å². The largest absolute Gasteiger partial charge is 0.507 e. The molecule has 0 aliphatic heterocycles. The van der Waals surface area contributed by atoms with Crippen LogP contribution in [0.1, 0.15) is 22.3 Å². The first kappa shape index (κ1) is 27.4. The first-order valence-electron chi connectivity index (χ1n) is 12.8. The third-order valence-corrected chi connectivity index (χ3v) is 8.62. The molecule has 6 atom stereocenters. The van der Waals surface area contributed by atoms with Crippen LogP contribution in [0.25, 0.3) is 11.1 Å². The molecular formula is C28H31N5O7. The number of amides is 1. The molecule has 3 aliphatic rings. The molecule has 0 bridgehead atoms. The smallest absolute Gasteiger partial charge is 0.235 e. The molecule has 1 aromatic carbocycles. The number of hydrogen-bond donors (Lipinski definition) is 4. The van der Waals surface area contributed by atoms with Crippen molar-refractivity contribution < 1.29 is 34.2 Å². The minimum Gasteiger partial charge on any atom is -0.507 e. The number of carbonyl (C=O) groups is 5. The highest BCUT2D eigenvalue weighted by molar-refractivity contribution is 6.32. The van der Waals surface area contributed by atoms with Crippen molar-refractivity contribution in [3.63, 3.8) is 0 Å². The van der Waals surface area contributed by atoms with Crippen LogP contribution in [0.5, 0.6) is 5.75 Å². The molecule has 1 aromatic heterocycles.